The third-order valence-electron chi connectivity index (χ3n) is 12.0. The number of benzene rings is 5. The molecule has 0 radical (unpaired) electrons. The van der Waals surface area contributed by atoms with E-state index < -0.39 is 0 Å². The van der Waals surface area contributed by atoms with Gasteiger partial charge in [0.15, 0.2) is 0 Å². The summed E-state index contributed by atoms with van der Waals surface area (Å²) in [5, 5.41) is 5.22. The van der Waals surface area contributed by atoms with Crippen LogP contribution in [0.25, 0.3) is 43.1 Å². The highest BCUT2D eigenvalue weighted by Gasteiger charge is 2.40. The average Bonchev–Trinajstić information content (AvgIpc) is 3.21. The Morgan fingerprint density at radius 1 is 0.544 bits per heavy atom. The molecule has 11 heteroatoms. The first-order valence-corrected chi connectivity index (χ1v) is 21.4. The number of imide groups is 2. The van der Waals surface area contributed by atoms with Crippen molar-refractivity contribution in [3.63, 3.8) is 0 Å². The van der Waals surface area contributed by atoms with E-state index >= 15 is 0 Å². The molecule has 5 aromatic carbocycles. The molecule has 0 spiro atoms. The fraction of sp³-hybridized carbons (Fsp3) is 0.478. The number of fused-ring (bicyclic) bond motifs is 2. The second-order valence-electron chi connectivity index (χ2n) is 15.5. The fourth-order valence-electron chi connectivity index (χ4n) is 8.92. The maximum absolute atomic E-state index is 14.6. The van der Waals surface area contributed by atoms with Gasteiger partial charge in [-0.15, -0.1) is 0 Å². The summed E-state index contributed by atoms with van der Waals surface area (Å²) < 4.78 is 24.4. The lowest BCUT2D eigenvalue weighted by atomic mass is 9.81. The van der Waals surface area contributed by atoms with Gasteiger partial charge < -0.3 is 18.9 Å². The van der Waals surface area contributed by atoms with Crippen LogP contribution in [0.2, 0.25) is 0 Å². The lowest BCUT2D eigenvalue weighted by Crippen LogP contribution is -2.43. The van der Waals surface area contributed by atoms with Gasteiger partial charge in [0.25, 0.3) is 23.6 Å². The van der Waals surface area contributed by atoms with Gasteiger partial charge in [0.2, 0.25) is 0 Å². The summed E-state index contributed by atoms with van der Waals surface area (Å²) in [4.78, 5) is 60.9. The topological polar surface area (TPSA) is 112 Å². The van der Waals surface area contributed by atoms with E-state index in [2.05, 4.69) is 43.6 Å². The first-order chi connectivity index (χ1) is 27.6. The third-order valence-corrected chi connectivity index (χ3v) is 12.7. The van der Waals surface area contributed by atoms with Crippen LogP contribution in [0, 0.1) is 11.8 Å². The minimum atomic E-state index is -0.361. The van der Waals surface area contributed by atoms with Crippen molar-refractivity contribution in [3.05, 3.63) is 57.1 Å². The number of nitrogens with zero attached hydrogens (tertiary/aromatic N) is 2. The molecule has 0 N–H and O–H groups in total. The molecule has 2 aliphatic rings. The molecule has 4 amide bonds. The molecule has 5 aromatic rings. The summed E-state index contributed by atoms with van der Waals surface area (Å²) in [6.45, 7) is 10.2. The number of hydrogen-bond donors (Lipinski definition) is 0. The van der Waals surface area contributed by atoms with Crippen LogP contribution in [0.4, 0.5) is 0 Å². The Hall–Kier alpha value is -4.32. The molecule has 0 saturated heterocycles. The zero-order valence-corrected chi connectivity index (χ0v) is 35.6. The fourth-order valence-corrected chi connectivity index (χ4v) is 9.54. The van der Waals surface area contributed by atoms with Crippen LogP contribution in [0.3, 0.4) is 0 Å². The number of unbranched alkanes of at least 4 members (excludes halogenated alkanes) is 2. The molecule has 2 atom stereocenters. The maximum Gasteiger partial charge on any atom is 0.261 e. The third kappa shape index (κ3) is 7.03. The molecule has 7 rings (SSSR count). The van der Waals surface area contributed by atoms with E-state index in [1.165, 1.54) is 9.80 Å². The molecule has 0 aliphatic carbocycles. The molecule has 0 saturated carbocycles. The van der Waals surface area contributed by atoms with E-state index in [4.69, 9.17) is 18.9 Å². The average molecular weight is 842 g/mol. The maximum atomic E-state index is 14.6. The summed E-state index contributed by atoms with van der Waals surface area (Å²) in [5.41, 5.74) is 1.65. The number of ether oxygens (including phenoxy) is 4. The Morgan fingerprint density at radius 3 is 1.51 bits per heavy atom. The largest absolute Gasteiger partial charge is 0.490 e. The highest BCUT2D eigenvalue weighted by Crippen LogP contribution is 2.53. The van der Waals surface area contributed by atoms with E-state index in [1.807, 2.05) is 18.2 Å². The van der Waals surface area contributed by atoms with Gasteiger partial charge >= 0.3 is 0 Å². The minimum absolute atomic E-state index is 0.162. The molecule has 2 unspecified atom stereocenters. The molecule has 0 fully saturated rings. The Balaban J connectivity index is 1.55. The standard InChI is InChI=1S/C46H53BrN2O8/c1-7-11-13-26(9-3)24-48-43(50)29-16-15-28-38-34(56-19-17-54-5)22-31-37-32(46(53)49(45(31)52)25-27(10-4)14-12-8-2)23-35(57-20-18-55-6)41(42(37)38)40-33(47)21-30(44(48)51)36(29)39(28)40/h15-16,21-23,26-27H,7-14,17-20,24-25H2,1-6H3. The molecule has 10 nitrogen and oxygen atoms in total. The van der Waals surface area contributed by atoms with Gasteiger partial charge in [-0.25, -0.2) is 0 Å². The van der Waals surface area contributed by atoms with E-state index in [0.717, 1.165) is 56.8 Å². The predicted octanol–water partition coefficient (Wildman–Crippen LogP) is 10.2. The lowest BCUT2D eigenvalue weighted by Gasteiger charge is -2.33. The molecule has 2 heterocycles. The highest BCUT2D eigenvalue weighted by atomic mass is 79.9. The van der Waals surface area contributed by atoms with E-state index in [9.17, 15) is 19.2 Å². The molecule has 302 valence electrons. The molecular weight excluding hydrogens is 788 g/mol. The summed E-state index contributed by atoms with van der Waals surface area (Å²) in [6.07, 6.45) is 7.69. The Kier molecular flexibility index (Phi) is 12.4. The molecule has 2 aliphatic heterocycles. The smallest absolute Gasteiger partial charge is 0.261 e. The highest BCUT2D eigenvalue weighted by molar-refractivity contribution is 9.10. The monoisotopic (exact) mass is 840 g/mol. The van der Waals surface area contributed by atoms with Crippen molar-refractivity contribution in [2.24, 2.45) is 11.8 Å². The van der Waals surface area contributed by atoms with Crippen molar-refractivity contribution in [2.45, 2.75) is 79.1 Å². The second kappa shape index (κ2) is 17.3. The minimum Gasteiger partial charge on any atom is -0.490 e. The van der Waals surface area contributed by atoms with Crippen molar-refractivity contribution < 1.29 is 38.1 Å². The van der Waals surface area contributed by atoms with Crippen molar-refractivity contribution in [1.82, 2.24) is 9.80 Å². The van der Waals surface area contributed by atoms with Crippen LogP contribution in [-0.2, 0) is 9.47 Å². The predicted molar refractivity (Wildman–Crippen MR) is 227 cm³/mol. The number of carbonyl (C=O) groups is 4. The second-order valence-corrected chi connectivity index (χ2v) is 16.3. The van der Waals surface area contributed by atoms with Crippen molar-refractivity contribution in [3.8, 4) is 11.5 Å². The molecule has 0 aromatic heterocycles. The quantitative estimate of drug-likeness (QED) is 0.0330. The van der Waals surface area contributed by atoms with E-state index in [0.29, 0.717) is 102 Å². The van der Waals surface area contributed by atoms with Crippen LogP contribution in [0.1, 0.15) is 120 Å². The van der Waals surface area contributed by atoms with E-state index in [-0.39, 0.29) is 48.7 Å². The Bertz CT molecular complexity index is 2350. The molecular formula is C46H53BrN2O8. The zero-order valence-electron chi connectivity index (χ0n) is 34.0. The molecule has 0 bridgehead atoms. The van der Waals surface area contributed by atoms with Crippen molar-refractivity contribution in [2.75, 3.05) is 53.7 Å². The number of methoxy groups -OCH3 is 2. The lowest BCUT2D eigenvalue weighted by molar-refractivity contribution is 0.0565. The number of hydrogen-bond acceptors (Lipinski definition) is 8. The normalized spacial score (nSPS) is 15.3. The van der Waals surface area contributed by atoms with Crippen molar-refractivity contribution in [1.29, 1.82) is 0 Å². The van der Waals surface area contributed by atoms with Gasteiger partial charge in [0, 0.05) is 80.6 Å². The number of carbonyl (C=O) groups excluding carboxylic acids is 4. The first kappa shape index (κ1) is 40.9. The van der Waals surface area contributed by atoms with Gasteiger partial charge in [-0.1, -0.05) is 88.2 Å². The van der Waals surface area contributed by atoms with Gasteiger partial charge in [-0.05, 0) is 54.3 Å². The van der Waals surface area contributed by atoms with Gasteiger partial charge in [-0.3, -0.25) is 29.0 Å². The van der Waals surface area contributed by atoms with Gasteiger partial charge in [-0.2, -0.15) is 0 Å². The van der Waals surface area contributed by atoms with Crippen LogP contribution >= 0.6 is 15.9 Å². The van der Waals surface area contributed by atoms with Crippen LogP contribution in [0.5, 0.6) is 11.5 Å². The Labute approximate surface area is 342 Å². The van der Waals surface area contributed by atoms with Crippen molar-refractivity contribution >= 4 is 82.6 Å². The van der Waals surface area contributed by atoms with Crippen LogP contribution < -0.4 is 9.47 Å². The summed E-state index contributed by atoms with van der Waals surface area (Å²) >= 11 is 3.88. The SMILES string of the molecule is CCCCC(CC)CN1C(=O)c2ccc3c4c(OCCOC)cc5c6c(cc(OCCOC)c(c7c(Br)cc(c2c37)C1=O)c64)C(=O)N(CC(CC)CCCC)C5=O. The number of halogens is 1. The summed E-state index contributed by atoms with van der Waals surface area (Å²) in [7, 11) is 3.20. The van der Waals surface area contributed by atoms with Gasteiger partial charge in [0.05, 0.1) is 24.3 Å². The molecule has 57 heavy (non-hydrogen) atoms. The Morgan fingerprint density at radius 2 is 1.02 bits per heavy atom. The zero-order chi connectivity index (χ0) is 40.5. The van der Waals surface area contributed by atoms with Crippen LogP contribution in [-0.4, -0.2) is 87.2 Å². The summed E-state index contributed by atoms with van der Waals surface area (Å²) in [5.74, 6) is -0.123. The first-order valence-electron chi connectivity index (χ1n) is 20.6. The summed E-state index contributed by atoms with van der Waals surface area (Å²) in [6, 6.07) is 9.05. The number of rotatable bonds is 20. The van der Waals surface area contributed by atoms with Gasteiger partial charge in [0.1, 0.15) is 24.7 Å². The van der Waals surface area contributed by atoms with E-state index in [1.54, 1.807) is 26.4 Å². The number of amides is 4. The van der Waals surface area contributed by atoms with Crippen LogP contribution in [0.15, 0.2) is 34.8 Å².